The van der Waals surface area contributed by atoms with Crippen LogP contribution in [0.3, 0.4) is 0 Å². The molecular weight excluding hydrogens is 281 g/mol. The fourth-order valence-corrected chi connectivity index (χ4v) is 2.21. The summed E-state index contributed by atoms with van der Waals surface area (Å²) in [5.74, 6) is 0.825. The van der Waals surface area contributed by atoms with Gasteiger partial charge in [-0.3, -0.25) is 0 Å². The second kappa shape index (κ2) is 6.29. The lowest BCUT2D eigenvalue weighted by molar-refractivity contribution is 0.414. The Morgan fingerprint density at radius 3 is 2.32 bits per heavy atom. The second-order valence-corrected chi connectivity index (χ2v) is 5.15. The van der Waals surface area contributed by atoms with Gasteiger partial charge in [-0.15, -0.1) is 0 Å². The van der Waals surface area contributed by atoms with E-state index in [4.69, 9.17) is 33.7 Å². The molecule has 2 aromatic carbocycles. The first-order valence-corrected chi connectivity index (χ1v) is 6.69. The summed E-state index contributed by atoms with van der Waals surface area (Å²) in [4.78, 5) is 0. The van der Waals surface area contributed by atoms with Crippen molar-refractivity contribution in [1.29, 1.82) is 0 Å². The summed E-state index contributed by atoms with van der Waals surface area (Å²) >= 11 is 11.9. The van der Waals surface area contributed by atoms with Crippen molar-refractivity contribution in [3.05, 3.63) is 63.6 Å². The summed E-state index contributed by atoms with van der Waals surface area (Å²) in [6, 6.07) is 13.3. The van der Waals surface area contributed by atoms with Crippen molar-refractivity contribution >= 4 is 23.2 Å². The number of hydrogen-bond donors (Lipinski definition) is 1. The molecule has 1 atom stereocenters. The molecule has 0 radical (unpaired) electrons. The van der Waals surface area contributed by atoms with E-state index in [1.54, 1.807) is 13.2 Å². The van der Waals surface area contributed by atoms with E-state index in [2.05, 4.69) is 0 Å². The molecule has 0 aliphatic carbocycles. The summed E-state index contributed by atoms with van der Waals surface area (Å²) < 4.78 is 5.12. The quantitative estimate of drug-likeness (QED) is 0.915. The predicted molar refractivity (Wildman–Crippen MR) is 80.1 cm³/mol. The monoisotopic (exact) mass is 295 g/mol. The van der Waals surface area contributed by atoms with Gasteiger partial charge in [0.1, 0.15) is 5.75 Å². The maximum absolute atomic E-state index is 6.19. The SMILES string of the molecule is COc1ccc(C(N)Cc2ccc(Cl)c(Cl)c2)cc1. The molecule has 0 amide bonds. The van der Waals surface area contributed by atoms with E-state index in [0.717, 1.165) is 16.9 Å². The zero-order valence-corrected chi connectivity index (χ0v) is 12.1. The zero-order chi connectivity index (χ0) is 13.8. The van der Waals surface area contributed by atoms with E-state index in [-0.39, 0.29) is 6.04 Å². The molecule has 1 unspecified atom stereocenters. The van der Waals surface area contributed by atoms with Gasteiger partial charge in [0, 0.05) is 6.04 Å². The lowest BCUT2D eigenvalue weighted by atomic mass is 10.00. The van der Waals surface area contributed by atoms with Gasteiger partial charge in [-0.05, 0) is 41.8 Å². The number of rotatable bonds is 4. The number of benzene rings is 2. The Morgan fingerprint density at radius 1 is 1.05 bits per heavy atom. The lowest BCUT2D eigenvalue weighted by Gasteiger charge is -2.13. The van der Waals surface area contributed by atoms with Gasteiger partial charge in [0.15, 0.2) is 0 Å². The molecule has 0 fully saturated rings. The van der Waals surface area contributed by atoms with Gasteiger partial charge in [-0.25, -0.2) is 0 Å². The molecule has 2 aromatic rings. The van der Waals surface area contributed by atoms with Crippen molar-refractivity contribution in [2.75, 3.05) is 7.11 Å². The molecule has 0 aliphatic rings. The van der Waals surface area contributed by atoms with Gasteiger partial charge in [0.25, 0.3) is 0 Å². The van der Waals surface area contributed by atoms with Crippen LogP contribution in [0.25, 0.3) is 0 Å². The molecule has 4 heteroatoms. The van der Waals surface area contributed by atoms with E-state index < -0.39 is 0 Å². The van der Waals surface area contributed by atoms with Crippen LogP contribution in [0, 0.1) is 0 Å². The molecule has 0 aromatic heterocycles. The van der Waals surface area contributed by atoms with Crippen LogP contribution >= 0.6 is 23.2 Å². The van der Waals surface area contributed by atoms with Crippen molar-refractivity contribution in [2.24, 2.45) is 5.73 Å². The van der Waals surface area contributed by atoms with Crippen LogP contribution < -0.4 is 10.5 Å². The lowest BCUT2D eigenvalue weighted by Crippen LogP contribution is -2.13. The fraction of sp³-hybridized carbons (Fsp3) is 0.200. The molecule has 2 rings (SSSR count). The van der Waals surface area contributed by atoms with Gasteiger partial charge < -0.3 is 10.5 Å². The Labute approximate surface area is 123 Å². The third kappa shape index (κ3) is 3.63. The summed E-state index contributed by atoms with van der Waals surface area (Å²) in [5.41, 5.74) is 8.32. The van der Waals surface area contributed by atoms with Crippen LogP contribution in [0.15, 0.2) is 42.5 Å². The molecule has 0 saturated heterocycles. The normalized spacial score (nSPS) is 12.2. The topological polar surface area (TPSA) is 35.2 Å². The maximum atomic E-state index is 6.19. The van der Waals surface area contributed by atoms with E-state index in [9.17, 15) is 0 Å². The molecule has 0 spiro atoms. The molecule has 0 heterocycles. The van der Waals surface area contributed by atoms with E-state index in [1.807, 2.05) is 36.4 Å². The minimum absolute atomic E-state index is 0.0804. The minimum atomic E-state index is -0.0804. The highest BCUT2D eigenvalue weighted by atomic mass is 35.5. The summed E-state index contributed by atoms with van der Waals surface area (Å²) in [5, 5.41) is 1.12. The largest absolute Gasteiger partial charge is 0.497 e. The van der Waals surface area contributed by atoms with Gasteiger partial charge in [-0.1, -0.05) is 41.4 Å². The van der Waals surface area contributed by atoms with E-state index >= 15 is 0 Å². The highest BCUT2D eigenvalue weighted by molar-refractivity contribution is 6.42. The van der Waals surface area contributed by atoms with Crippen molar-refractivity contribution in [2.45, 2.75) is 12.5 Å². The molecule has 0 aliphatic heterocycles. The Morgan fingerprint density at radius 2 is 1.74 bits per heavy atom. The first-order valence-electron chi connectivity index (χ1n) is 5.93. The van der Waals surface area contributed by atoms with Crippen molar-refractivity contribution in [3.8, 4) is 5.75 Å². The first-order chi connectivity index (χ1) is 9.10. The van der Waals surface area contributed by atoms with Crippen LogP contribution in [0.5, 0.6) is 5.75 Å². The number of methoxy groups -OCH3 is 1. The molecule has 0 bridgehead atoms. The third-order valence-corrected chi connectivity index (χ3v) is 3.72. The minimum Gasteiger partial charge on any atom is -0.497 e. The Bertz CT molecular complexity index is 555. The van der Waals surface area contributed by atoms with E-state index in [1.165, 1.54) is 0 Å². The highest BCUT2D eigenvalue weighted by Gasteiger charge is 2.08. The summed E-state index contributed by atoms with van der Waals surface area (Å²) in [6.07, 6.45) is 0.712. The Balaban J connectivity index is 2.10. The zero-order valence-electron chi connectivity index (χ0n) is 10.6. The average Bonchev–Trinajstić information content (AvgIpc) is 2.43. The number of ether oxygens (including phenoxy) is 1. The van der Waals surface area contributed by atoms with Gasteiger partial charge in [0.2, 0.25) is 0 Å². The van der Waals surface area contributed by atoms with Crippen molar-refractivity contribution in [1.82, 2.24) is 0 Å². The number of nitrogens with two attached hydrogens (primary N) is 1. The summed E-state index contributed by atoms with van der Waals surface area (Å²) in [6.45, 7) is 0. The molecular formula is C15H15Cl2NO. The average molecular weight is 296 g/mol. The molecule has 19 heavy (non-hydrogen) atoms. The number of halogens is 2. The van der Waals surface area contributed by atoms with Crippen molar-refractivity contribution < 1.29 is 4.74 Å². The maximum Gasteiger partial charge on any atom is 0.118 e. The Hall–Kier alpha value is -1.22. The van der Waals surface area contributed by atoms with Crippen molar-refractivity contribution in [3.63, 3.8) is 0 Å². The molecule has 100 valence electrons. The second-order valence-electron chi connectivity index (χ2n) is 4.33. The summed E-state index contributed by atoms with van der Waals surface area (Å²) in [7, 11) is 1.64. The third-order valence-electron chi connectivity index (χ3n) is 2.98. The van der Waals surface area contributed by atoms with Crippen LogP contribution in [-0.4, -0.2) is 7.11 Å². The van der Waals surface area contributed by atoms with Gasteiger partial charge in [0.05, 0.1) is 17.2 Å². The predicted octanol–water partition coefficient (Wildman–Crippen LogP) is 4.24. The van der Waals surface area contributed by atoms with Crippen LogP contribution in [0.2, 0.25) is 10.0 Å². The standard InChI is InChI=1S/C15H15Cl2NO/c1-19-12-5-3-11(4-6-12)15(18)9-10-2-7-13(16)14(17)8-10/h2-8,15H,9,18H2,1H3. The van der Waals surface area contributed by atoms with Crippen LogP contribution in [-0.2, 0) is 6.42 Å². The molecule has 2 nitrogen and oxygen atoms in total. The van der Waals surface area contributed by atoms with Crippen LogP contribution in [0.1, 0.15) is 17.2 Å². The molecule has 0 saturated carbocycles. The Kier molecular flexibility index (Phi) is 4.70. The van der Waals surface area contributed by atoms with Gasteiger partial charge >= 0.3 is 0 Å². The highest BCUT2D eigenvalue weighted by Crippen LogP contribution is 2.25. The van der Waals surface area contributed by atoms with E-state index in [0.29, 0.717) is 16.5 Å². The fourth-order valence-electron chi connectivity index (χ4n) is 1.89. The van der Waals surface area contributed by atoms with Crippen LogP contribution in [0.4, 0.5) is 0 Å². The molecule has 2 N–H and O–H groups in total. The smallest absolute Gasteiger partial charge is 0.118 e. The van der Waals surface area contributed by atoms with Gasteiger partial charge in [-0.2, -0.15) is 0 Å². The first kappa shape index (κ1) is 14.2. The number of hydrogen-bond acceptors (Lipinski definition) is 2.